The summed E-state index contributed by atoms with van der Waals surface area (Å²) < 4.78 is 1.86. The van der Waals surface area contributed by atoms with Gasteiger partial charge in [0.1, 0.15) is 0 Å². The average molecular weight is 265 g/mol. The van der Waals surface area contributed by atoms with Crippen molar-refractivity contribution in [3.63, 3.8) is 0 Å². The third-order valence-corrected chi connectivity index (χ3v) is 2.72. The monoisotopic (exact) mass is 265 g/mol. The van der Waals surface area contributed by atoms with Crippen LogP contribution in [-0.4, -0.2) is 25.4 Å². The Morgan fingerprint density at radius 3 is 2.45 bits per heavy atom. The maximum Gasteiger partial charge on any atom is 0.258 e. The molecule has 0 atom stereocenters. The van der Waals surface area contributed by atoms with Gasteiger partial charge in [0.05, 0.1) is 6.33 Å². The third kappa shape index (κ3) is 2.54. The van der Waals surface area contributed by atoms with E-state index >= 15 is 0 Å². The number of rotatable bonds is 3. The second-order valence-electron chi connectivity index (χ2n) is 4.04. The second kappa shape index (κ2) is 5.31. The van der Waals surface area contributed by atoms with Crippen molar-refractivity contribution in [3.8, 4) is 5.69 Å². The Morgan fingerprint density at radius 1 is 1.05 bits per heavy atom. The number of imidazole rings is 1. The number of anilines is 1. The summed E-state index contributed by atoms with van der Waals surface area (Å²) >= 11 is 0. The fourth-order valence-corrected chi connectivity index (χ4v) is 1.73. The van der Waals surface area contributed by atoms with Gasteiger partial charge in [0.2, 0.25) is 5.95 Å². The molecule has 0 fully saturated rings. The van der Waals surface area contributed by atoms with Gasteiger partial charge in [-0.1, -0.05) is 0 Å². The summed E-state index contributed by atoms with van der Waals surface area (Å²) in [4.78, 5) is 23.9. The van der Waals surface area contributed by atoms with Gasteiger partial charge in [-0.05, 0) is 30.3 Å². The van der Waals surface area contributed by atoms with E-state index in [2.05, 4.69) is 20.3 Å². The summed E-state index contributed by atoms with van der Waals surface area (Å²) in [6, 6.07) is 8.88. The van der Waals surface area contributed by atoms with Gasteiger partial charge in [-0.2, -0.15) is 0 Å². The van der Waals surface area contributed by atoms with Crippen molar-refractivity contribution >= 4 is 11.9 Å². The molecule has 3 rings (SSSR count). The summed E-state index contributed by atoms with van der Waals surface area (Å²) in [5.74, 6) is 0.0459. The van der Waals surface area contributed by atoms with Gasteiger partial charge in [0.25, 0.3) is 5.91 Å². The molecule has 2 aromatic heterocycles. The molecule has 1 aromatic carbocycles. The highest BCUT2D eigenvalue weighted by atomic mass is 16.1. The first-order valence-electron chi connectivity index (χ1n) is 6.00. The summed E-state index contributed by atoms with van der Waals surface area (Å²) in [6.07, 6.45) is 8.39. The first-order chi connectivity index (χ1) is 9.83. The van der Waals surface area contributed by atoms with Crippen molar-refractivity contribution in [1.29, 1.82) is 0 Å². The van der Waals surface area contributed by atoms with E-state index in [0.717, 1.165) is 5.69 Å². The van der Waals surface area contributed by atoms with E-state index in [0.29, 0.717) is 5.56 Å². The third-order valence-electron chi connectivity index (χ3n) is 2.72. The normalized spacial score (nSPS) is 10.2. The predicted molar refractivity (Wildman–Crippen MR) is 73.5 cm³/mol. The van der Waals surface area contributed by atoms with Crippen molar-refractivity contribution in [2.24, 2.45) is 0 Å². The lowest BCUT2D eigenvalue weighted by atomic mass is 10.2. The number of hydrogen-bond donors (Lipinski definition) is 1. The number of carbonyl (C=O) groups excluding carboxylic acids is 1. The molecule has 1 amide bonds. The first-order valence-corrected chi connectivity index (χ1v) is 6.00. The van der Waals surface area contributed by atoms with Crippen LogP contribution in [0, 0.1) is 0 Å². The van der Waals surface area contributed by atoms with Crippen molar-refractivity contribution < 1.29 is 4.79 Å². The molecule has 6 heteroatoms. The quantitative estimate of drug-likeness (QED) is 0.785. The molecule has 2 heterocycles. The maximum absolute atomic E-state index is 12.0. The van der Waals surface area contributed by atoms with Crippen LogP contribution in [0.1, 0.15) is 10.4 Å². The van der Waals surface area contributed by atoms with Gasteiger partial charge in [-0.15, -0.1) is 0 Å². The number of aromatic nitrogens is 4. The van der Waals surface area contributed by atoms with Gasteiger partial charge < -0.3 is 4.57 Å². The van der Waals surface area contributed by atoms with Gasteiger partial charge in [0, 0.05) is 36.0 Å². The highest BCUT2D eigenvalue weighted by Crippen LogP contribution is 2.10. The number of nitrogens with zero attached hydrogens (tertiary/aromatic N) is 4. The molecule has 0 saturated carbocycles. The Labute approximate surface area is 115 Å². The fourth-order valence-electron chi connectivity index (χ4n) is 1.73. The van der Waals surface area contributed by atoms with Crippen LogP contribution >= 0.6 is 0 Å². The number of nitrogens with one attached hydrogen (secondary N) is 1. The molecule has 0 bridgehead atoms. The Morgan fingerprint density at radius 2 is 1.80 bits per heavy atom. The van der Waals surface area contributed by atoms with E-state index in [4.69, 9.17) is 0 Å². The van der Waals surface area contributed by atoms with Gasteiger partial charge in [0.15, 0.2) is 0 Å². The van der Waals surface area contributed by atoms with Crippen LogP contribution in [0.4, 0.5) is 5.95 Å². The van der Waals surface area contributed by atoms with E-state index in [-0.39, 0.29) is 11.9 Å². The number of hydrogen-bond acceptors (Lipinski definition) is 4. The lowest BCUT2D eigenvalue weighted by molar-refractivity contribution is 0.102. The van der Waals surface area contributed by atoms with Crippen LogP contribution in [0.3, 0.4) is 0 Å². The zero-order chi connectivity index (χ0) is 13.8. The summed E-state index contributed by atoms with van der Waals surface area (Å²) in [7, 11) is 0. The lowest BCUT2D eigenvalue weighted by Crippen LogP contribution is -2.13. The molecule has 1 N–H and O–H groups in total. The topological polar surface area (TPSA) is 72.7 Å². The Hall–Kier alpha value is -3.02. The average Bonchev–Trinajstić information content (AvgIpc) is 3.03. The van der Waals surface area contributed by atoms with Crippen LogP contribution in [0.5, 0.6) is 0 Å². The van der Waals surface area contributed by atoms with Gasteiger partial charge in [-0.3, -0.25) is 10.1 Å². The van der Waals surface area contributed by atoms with Crippen molar-refractivity contribution in [2.45, 2.75) is 0 Å². The minimum absolute atomic E-state index is 0.242. The molecule has 0 aliphatic heterocycles. The van der Waals surface area contributed by atoms with Crippen LogP contribution in [0.15, 0.2) is 61.4 Å². The van der Waals surface area contributed by atoms with E-state index < -0.39 is 0 Å². The van der Waals surface area contributed by atoms with E-state index in [9.17, 15) is 4.79 Å². The Balaban J connectivity index is 1.76. The smallest absolute Gasteiger partial charge is 0.258 e. The molecule has 0 aliphatic carbocycles. The first kappa shape index (κ1) is 12.0. The van der Waals surface area contributed by atoms with Crippen LogP contribution in [0.25, 0.3) is 5.69 Å². The molecular weight excluding hydrogens is 254 g/mol. The Bertz CT molecular complexity index is 692. The van der Waals surface area contributed by atoms with Crippen LogP contribution in [-0.2, 0) is 0 Å². The van der Waals surface area contributed by atoms with Crippen molar-refractivity contribution in [3.05, 3.63) is 67.0 Å². The number of benzene rings is 1. The van der Waals surface area contributed by atoms with Gasteiger partial charge >= 0.3 is 0 Å². The summed E-state index contributed by atoms with van der Waals surface area (Å²) in [5.41, 5.74) is 1.48. The van der Waals surface area contributed by atoms with E-state index in [1.165, 1.54) is 0 Å². The summed E-state index contributed by atoms with van der Waals surface area (Å²) in [5, 5.41) is 2.63. The standard InChI is InChI=1S/C14H11N5O/c20-13(18-14-16-6-1-7-17-14)11-2-4-12(5-3-11)19-9-8-15-10-19/h1-10H,(H,16,17,18,20). The molecular formula is C14H11N5O. The molecule has 0 saturated heterocycles. The predicted octanol–water partition coefficient (Wildman–Crippen LogP) is 1.91. The minimum atomic E-state index is -0.242. The lowest BCUT2D eigenvalue weighted by Gasteiger charge is -2.05. The Kier molecular flexibility index (Phi) is 3.20. The molecule has 0 aliphatic rings. The highest BCUT2D eigenvalue weighted by Gasteiger charge is 2.07. The molecule has 3 aromatic rings. The molecule has 0 radical (unpaired) electrons. The SMILES string of the molecule is O=C(Nc1ncccn1)c1ccc(-n2ccnc2)cc1. The molecule has 0 spiro atoms. The van der Waals surface area contributed by atoms with Crippen LogP contribution < -0.4 is 5.32 Å². The van der Waals surface area contributed by atoms with E-state index in [1.54, 1.807) is 43.1 Å². The fraction of sp³-hybridized carbons (Fsp3) is 0. The maximum atomic E-state index is 12.0. The number of carbonyl (C=O) groups is 1. The molecule has 6 nitrogen and oxygen atoms in total. The second-order valence-corrected chi connectivity index (χ2v) is 4.04. The highest BCUT2D eigenvalue weighted by molar-refractivity contribution is 6.03. The van der Waals surface area contributed by atoms with Gasteiger partial charge in [-0.25, -0.2) is 15.0 Å². The number of amides is 1. The zero-order valence-corrected chi connectivity index (χ0v) is 10.5. The summed E-state index contributed by atoms with van der Waals surface area (Å²) in [6.45, 7) is 0. The molecule has 20 heavy (non-hydrogen) atoms. The van der Waals surface area contributed by atoms with Crippen molar-refractivity contribution in [1.82, 2.24) is 19.5 Å². The molecule has 98 valence electrons. The largest absolute Gasteiger partial charge is 0.306 e. The van der Waals surface area contributed by atoms with Crippen molar-refractivity contribution in [2.75, 3.05) is 5.32 Å². The zero-order valence-electron chi connectivity index (χ0n) is 10.5. The minimum Gasteiger partial charge on any atom is -0.306 e. The van der Waals surface area contributed by atoms with Crippen LogP contribution in [0.2, 0.25) is 0 Å². The van der Waals surface area contributed by atoms with E-state index in [1.807, 2.05) is 22.9 Å². The molecule has 0 unspecified atom stereocenters.